The number of carboxylic acid groups (broad SMARTS) is 1. The summed E-state index contributed by atoms with van der Waals surface area (Å²) in [4.78, 5) is 11.4. The molecular formula is C16H12ClN3O2. The largest absolute Gasteiger partial charge is 0.476 e. The molecule has 5 nitrogen and oxygen atoms in total. The number of carboxylic acids is 1. The van der Waals surface area contributed by atoms with Crippen molar-refractivity contribution in [3.63, 3.8) is 0 Å². The van der Waals surface area contributed by atoms with Crippen molar-refractivity contribution in [3.8, 4) is 5.69 Å². The van der Waals surface area contributed by atoms with Crippen molar-refractivity contribution < 1.29 is 9.90 Å². The Hall–Kier alpha value is -2.66. The molecule has 0 aliphatic heterocycles. The lowest BCUT2D eigenvalue weighted by molar-refractivity contribution is 0.0689. The standard InChI is InChI=1S/C16H12ClN3O2/c17-12-7-4-8-13(10-12)20-14(15(16(21)22)18-19-20)9-11-5-2-1-3-6-11/h1-8,10H,9H2,(H,21,22). The second-order valence-corrected chi connectivity index (χ2v) is 5.18. The zero-order valence-electron chi connectivity index (χ0n) is 11.5. The molecule has 0 unspecified atom stereocenters. The van der Waals surface area contributed by atoms with E-state index in [9.17, 15) is 9.90 Å². The lowest BCUT2D eigenvalue weighted by Gasteiger charge is -2.07. The Bertz CT molecular complexity index is 815. The molecule has 0 atom stereocenters. The van der Waals surface area contributed by atoms with Crippen LogP contribution in [0.1, 0.15) is 21.7 Å². The Kier molecular flexibility index (Phi) is 3.89. The number of aromatic nitrogens is 3. The van der Waals surface area contributed by atoms with Crippen LogP contribution in [-0.2, 0) is 6.42 Å². The normalized spacial score (nSPS) is 10.6. The van der Waals surface area contributed by atoms with Crippen LogP contribution in [0.4, 0.5) is 0 Å². The van der Waals surface area contributed by atoms with Gasteiger partial charge in [0.25, 0.3) is 0 Å². The van der Waals surface area contributed by atoms with Crippen LogP contribution in [0.3, 0.4) is 0 Å². The van der Waals surface area contributed by atoms with E-state index in [0.717, 1.165) is 5.56 Å². The number of aromatic carboxylic acids is 1. The number of nitrogens with zero attached hydrogens (tertiary/aromatic N) is 3. The molecule has 0 spiro atoms. The molecule has 0 radical (unpaired) electrons. The Labute approximate surface area is 131 Å². The molecule has 6 heteroatoms. The Morgan fingerprint density at radius 1 is 1.14 bits per heavy atom. The number of hydrogen-bond donors (Lipinski definition) is 1. The third kappa shape index (κ3) is 2.84. The molecule has 110 valence electrons. The van der Waals surface area contributed by atoms with Crippen LogP contribution in [0.2, 0.25) is 5.02 Å². The van der Waals surface area contributed by atoms with E-state index in [-0.39, 0.29) is 5.69 Å². The smallest absolute Gasteiger partial charge is 0.358 e. The molecule has 0 aliphatic rings. The van der Waals surface area contributed by atoms with Gasteiger partial charge < -0.3 is 5.11 Å². The summed E-state index contributed by atoms with van der Waals surface area (Å²) >= 11 is 6.00. The van der Waals surface area contributed by atoms with Gasteiger partial charge in [-0.3, -0.25) is 0 Å². The molecule has 0 saturated carbocycles. The van der Waals surface area contributed by atoms with Gasteiger partial charge in [0.15, 0.2) is 5.69 Å². The van der Waals surface area contributed by atoms with E-state index in [4.69, 9.17) is 11.6 Å². The first-order chi connectivity index (χ1) is 10.6. The Morgan fingerprint density at radius 2 is 1.91 bits per heavy atom. The topological polar surface area (TPSA) is 68.0 Å². The fraction of sp³-hybridized carbons (Fsp3) is 0.0625. The fourth-order valence-corrected chi connectivity index (χ4v) is 2.42. The number of carbonyl (C=O) groups is 1. The molecule has 0 bridgehead atoms. The monoisotopic (exact) mass is 313 g/mol. The van der Waals surface area contributed by atoms with Gasteiger partial charge in [0, 0.05) is 11.4 Å². The van der Waals surface area contributed by atoms with E-state index < -0.39 is 5.97 Å². The summed E-state index contributed by atoms with van der Waals surface area (Å²) < 4.78 is 1.52. The lowest BCUT2D eigenvalue weighted by atomic mass is 10.1. The molecule has 0 fully saturated rings. The van der Waals surface area contributed by atoms with E-state index >= 15 is 0 Å². The third-order valence-corrected chi connectivity index (χ3v) is 3.47. The molecule has 1 N–H and O–H groups in total. The molecule has 1 aromatic heterocycles. The van der Waals surface area contributed by atoms with Crippen LogP contribution >= 0.6 is 11.6 Å². The predicted molar refractivity (Wildman–Crippen MR) is 82.6 cm³/mol. The number of hydrogen-bond acceptors (Lipinski definition) is 3. The summed E-state index contributed by atoms with van der Waals surface area (Å²) in [6.07, 6.45) is 0.419. The van der Waals surface area contributed by atoms with Gasteiger partial charge in [0.05, 0.1) is 11.4 Å². The molecule has 22 heavy (non-hydrogen) atoms. The molecule has 0 amide bonds. The Balaban J connectivity index is 2.09. The van der Waals surface area contributed by atoms with Crippen molar-refractivity contribution in [1.29, 1.82) is 0 Å². The summed E-state index contributed by atoms with van der Waals surface area (Å²) in [5.74, 6) is -1.10. The fourth-order valence-electron chi connectivity index (χ4n) is 2.23. The van der Waals surface area contributed by atoms with Crippen molar-refractivity contribution in [3.05, 3.63) is 76.6 Å². The van der Waals surface area contributed by atoms with E-state index in [1.54, 1.807) is 24.3 Å². The maximum Gasteiger partial charge on any atom is 0.358 e. The SMILES string of the molecule is O=C(O)c1nnn(-c2cccc(Cl)c2)c1Cc1ccccc1. The summed E-state index contributed by atoms with van der Waals surface area (Å²) in [6, 6.07) is 16.6. The summed E-state index contributed by atoms with van der Waals surface area (Å²) in [7, 11) is 0. The van der Waals surface area contributed by atoms with Crippen molar-refractivity contribution in [2.45, 2.75) is 6.42 Å². The highest BCUT2D eigenvalue weighted by Crippen LogP contribution is 2.19. The van der Waals surface area contributed by atoms with E-state index in [2.05, 4.69) is 10.3 Å². The summed E-state index contributed by atoms with van der Waals surface area (Å²) in [5.41, 5.74) is 2.12. The zero-order chi connectivity index (χ0) is 15.5. The van der Waals surface area contributed by atoms with Crippen LogP contribution in [0, 0.1) is 0 Å². The highest BCUT2D eigenvalue weighted by molar-refractivity contribution is 6.30. The second-order valence-electron chi connectivity index (χ2n) is 4.74. The summed E-state index contributed by atoms with van der Waals surface area (Å²) in [6.45, 7) is 0. The van der Waals surface area contributed by atoms with E-state index in [0.29, 0.717) is 22.8 Å². The maximum absolute atomic E-state index is 11.4. The minimum atomic E-state index is -1.10. The lowest BCUT2D eigenvalue weighted by Crippen LogP contribution is -2.07. The number of rotatable bonds is 4. The van der Waals surface area contributed by atoms with Crippen LogP contribution in [-0.4, -0.2) is 26.1 Å². The van der Waals surface area contributed by atoms with Crippen LogP contribution < -0.4 is 0 Å². The summed E-state index contributed by atoms with van der Waals surface area (Å²) in [5, 5.41) is 17.6. The predicted octanol–water partition coefficient (Wildman–Crippen LogP) is 3.21. The second kappa shape index (κ2) is 5.99. The average molecular weight is 314 g/mol. The van der Waals surface area contributed by atoms with Gasteiger partial charge in [-0.15, -0.1) is 5.10 Å². The molecular weight excluding hydrogens is 302 g/mol. The minimum Gasteiger partial charge on any atom is -0.476 e. The minimum absolute atomic E-state index is 0.0520. The van der Waals surface area contributed by atoms with Gasteiger partial charge in [-0.05, 0) is 23.8 Å². The van der Waals surface area contributed by atoms with Crippen molar-refractivity contribution in [2.75, 3.05) is 0 Å². The van der Waals surface area contributed by atoms with Crippen LogP contribution in [0.15, 0.2) is 54.6 Å². The van der Waals surface area contributed by atoms with Gasteiger partial charge in [0.1, 0.15) is 0 Å². The molecule has 3 aromatic rings. The number of benzene rings is 2. The molecule has 3 rings (SSSR count). The molecule has 0 saturated heterocycles. The quantitative estimate of drug-likeness (QED) is 0.803. The molecule has 0 aliphatic carbocycles. The van der Waals surface area contributed by atoms with Gasteiger partial charge in [-0.1, -0.05) is 53.2 Å². The van der Waals surface area contributed by atoms with Gasteiger partial charge in [0.2, 0.25) is 0 Å². The van der Waals surface area contributed by atoms with E-state index in [1.165, 1.54) is 4.68 Å². The number of halogens is 1. The first-order valence-electron chi connectivity index (χ1n) is 6.63. The molecule has 2 aromatic carbocycles. The van der Waals surface area contributed by atoms with Crippen LogP contribution in [0.25, 0.3) is 5.69 Å². The zero-order valence-corrected chi connectivity index (χ0v) is 12.2. The van der Waals surface area contributed by atoms with Crippen molar-refractivity contribution in [1.82, 2.24) is 15.0 Å². The maximum atomic E-state index is 11.4. The third-order valence-electron chi connectivity index (χ3n) is 3.23. The van der Waals surface area contributed by atoms with Crippen molar-refractivity contribution in [2.24, 2.45) is 0 Å². The van der Waals surface area contributed by atoms with Gasteiger partial charge in [-0.2, -0.15) is 0 Å². The van der Waals surface area contributed by atoms with E-state index in [1.807, 2.05) is 30.3 Å². The average Bonchev–Trinajstić information content (AvgIpc) is 2.92. The van der Waals surface area contributed by atoms with Gasteiger partial charge in [-0.25, -0.2) is 9.48 Å². The highest BCUT2D eigenvalue weighted by atomic mass is 35.5. The Morgan fingerprint density at radius 3 is 2.59 bits per heavy atom. The highest BCUT2D eigenvalue weighted by Gasteiger charge is 2.20. The van der Waals surface area contributed by atoms with Crippen LogP contribution in [0.5, 0.6) is 0 Å². The molecule has 1 heterocycles. The first kappa shape index (κ1) is 14.3. The van der Waals surface area contributed by atoms with Gasteiger partial charge >= 0.3 is 5.97 Å². The van der Waals surface area contributed by atoms with Crippen molar-refractivity contribution >= 4 is 17.6 Å². The first-order valence-corrected chi connectivity index (χ1v) is 7.00.